The van der Waals surface area contributed by atoms with E-state index in [4.69, 9.17) is 5.11 Å². The molecule has 0 atom stereocenters. The number of ketones is 1. The SMILES string of the molecule is CC1=NN(CCCC(=O)C(=O)O)C(=O)/C1=N\Nc1cccc(-c2ccccc2F)c1O. The summed E-state index contributed by atoms with van der Waals surface area (Å²) in [5.74, 6) is -3.71. The van der Waals surface area contributed by atoms with Crippen molar-refractivity contribution in [3.8, 4) is 16.9 Å². The van der Waals surface area contributed by atoms with Crippen LogP contribution in [-0.2, 0) is 14.4 Å². The predicted molar refractivity (Wildman–Crippen MR) is 111 cm³/mol. The monoisotopic (exact) mass is 426 g/mol. The number of hydrogen-bond acceptors (Lipinski definition) is 7. The minimum Gasteiger partial charge on any atom is -0.505 e. The molecule has 1 aliphatic heterocycles. The van der Waals surface area contributed by atoms with Gasteiger partial charge in [-0.25, -0.2) is 14.2 Å². The molecule has 0 bridgehead atoms. The second-order valence-electron chi connectivity index (χ2n) is 6.70. The molecule has 0 fully saturated rings. The van der Waals surface area contributed by atoms with Gasteiger partial charge >= 0.3 is 5.97 Å². The average Bonchev–Trinajstić information content (AvgIpc) is 3.00. The number of nitrogens with one attached hydrogen (secondary N) is 1. The van der Waals surface area contributed by atoms with Gasteiger partial charge in [-0.3, -0.25) is 15.0 Å². The second kappa shape index (κ2) is 9.16. The molecule has 3 rings (SSSR count). The van der Waals surface area contributed by atoms with Gasteiger partial charge in [0.25, 0.3) is 5.91 Å². The van der Waals surface area contributed by atoms with Gasteiger partial charge in [0.1, 0.15) is 11.6 Å². The van der Waals surface area contributed by atoms with Gasteiger partial charge in [0.2, 0.25) is 5.78 Å². The fourth-order valence-electron chi connectivity index (χ4n) is 2.97. The predicted octanol–water partition coefficient (Wildman–Crippen LogP) is 2.62. The third kappa shape index (κ3) is 4.74. The number of hydrazone groups is 2. The lowest BCUT2D eigenvalue weighted by molar-refractivity contribution is -0.149. The van der Waals surface area contributed by atoms with E-state index < -0.39 is 23.5 Å². The zero-order chi connectivity index (χ0) is 22.5. The van der Waals surface area contributed by atoms with Crippen LogP contribution < -0.4 is 5.43 Å². The number of aromatic hydroxyl groups is 1. The minimum absolute atomic E-state index is 0.000237. The third-order valence-corrected chi connectivity index (χ3v) is 4.55. The summed E-state index contributed by atoms with van der Waals surface area (Å²) in [6.45, 7) is 1.62. The highest BCUT2D eigenvalue weighted by Gasteiger charge is 2.29. The minimum atomic E-state index is -1.52. The Morgan fingerprint density at radius 1 is 1.16 bits per heavy atom. The highest BCUT2D eigenvalue weighted by molar-refractivity contribution is 6.68. The number of phenols is 1. The molecule has 0 saturated heterocycles. The summed E-state index contributed by atoms with van der Waals surface area (Å²) in [7, 11) is 0. The molecule has 1 aliphatic rings. The largest absolute Gasteiger partial charge is 0.505 e. The Balaban J connectivity index is 1.72. The summed E-state index contributed by atoms with van der Waals surface area (Å²) >= 11 is 0. The summed E-state index contributed by atoms with van der Waals surface area (Å²) < 4.78 is 14.1. The number of carbonyl (C=O) groups is 3. The van der Waals surface area contributed by atoms with Gasteiger partial charge in [-0.2, -0.15) is 10.2 Å². The Morgan fingerprint density at radius 2 is 1.87 bits per heavy atom. The van der Waals surface area contributed by atoms with Crippen molar-refractivity contribution in [3.05, 3.63) is 48.3 Å². The van der Waals surface area contributed by atoms with Crippen LogP contribution in [0, 0.1) is 5.82 Å². The Bertz CT molecular complexity index is 1110. The van der Waals surface area contributed by atoms with Crippen molar-refractivity contribution in [1.29, 1.82) is 0 Å². The molecule has 0 saturated carbocycles. The van der Waals surface area contributed by atoms with E-state index >= 15 is 0 Å². The molecule has 2 aromatic carbocycles. The first-order chi connectivity index (χ1) is 14.8. The standard InChI is InChI=1S/C21H19FN4O5/c1-12-18(20(29)26(25-12)11-5-10-17(27)21(30)31)24-23-16-9-4-7-14(19(16)28)13-6-2-3-8-15(13)22/h2-4,6-9,23,28H,5,10-11H2,1H3,(H,30,31)/b24-18-. The first-order valence-corrected chi connectivity index (χ1v) is 9.33. The first-order valence-electron chi connectivity index (χ1n) is 9.33. The lowest BCUT2D eigenvalue weighted by Gasteiger charge is -2.11. The van der Waals surface area contributed by atoms with Gasteiger partial charge in [-0.1, -0.05) is 30.3 Å². The molecule has 160 valence electrons. The number of anilines is 1. The van der Waals surface area contributed by atoms with Gasteiger partial charge < -0.3 is 10.2 Å². The van der Waals surface area contributed by atoms with Crippen LogP contribution in [0.25, 0.3) is 11.1 Å². The third-order valence-electron chi connectivity index (χ3n) is 4.55. The number of amides is 1. The van der Waals surface area contributed by atoms with Gasteiger partial charge in [0.05, 0.1) is 11.4 Å². The Morgan fingerprint density at radius 3 is 2.58 bits per heavy atom. The van der Waals surface area contributed by atoms with Crippen LogP contribution in [0.15, 0.2) is 52.7 Å². The van der Waals surface area contributed by atoms with E-state index in [2.05, 4.69) is 15.6 Å². The quantitative estimate of drug-likeness (QED) is 0.338. The number of carboxylic acid groups (broad SMARTS) is 1. The molecule has 1 heterocycles. The normalized spacial score (nSPS) is 14.6. The van der Waals surface area contributed by atoms with Crippen molar-refractivity contribution in [2.75, 3.05) is 12.0 Å². The molecule has 3 N–H and O–H groups in total. The number of para-hydroxylation sites is 1. The van der Waals surface area contributed by atoms with Crippen molar-refractivity contribution >= 4 is 34.8 Å². The molecule has 2 aromatic rings. The fraction of sp³-hybridized carbons (Fsp3) is 0.190. The van der Waals surface area contributed by atoms with Crippen LogP contribution >= 0.6 is 0 Å². The van der Waals surface area contributed by atoms with E-state index in [0.29, 0.717) is 5.71 Å². The Kier molecular flexibility index (Phi) is 6.39. The van der Waals surface area contributed by atoms with E-state index in [9.17, 15) is 23.9 Å². The number of halogens is 1. The van der Waals surface area contributed by atoms with Crippen LogP contribution in [0.4, 0.5) is 10.1 Å². The number of nitrogens with zero attached hydrogens (tertiary/aromatic N) is 3. The maximum absolute atomic E-state index is 14.1. The van der Waals surface area contributed by atoms with Gasteiger partial charge in [-0.05, 0) is 25.5 Å². The maximum atomic E-state index is 14.1. The van der Waals surface area contributed by atoms with E-state index in [0.717, 1.165) is 5.01 Å². The first kappa shape index (κ1) is 21.6. The maximum Gasteiger partial charge on any atom is 0.372 e. The van der Waals surface area contributed by atoms with Gasteiger partial charge in [0, 0.05) is 24.1 Å². The molecule has 31 heavy (non-hydrogen) atoms. The number of Topliss-reactive ketones (excluding diaryl/α,β-unsaturated/α-hetero) is 1. The number of phenolic OH excluding ortho intramolecular Hbond substituents is 1. The molecule has 0 unspecified atom stereocenters. The fourth-order valence-corrected chi connectivity index (χ4v) is 2.97. The van der Waals surface area contributed by atoms with E-state index in [-0.39, 0.29) is 47.7 Å². The second-order valence-corrected chi connectivity index (χ2v) is 6.70. The highest BCUT2D eigenvalue weighted by atomic mass is 19.1. The molecule has 0 aliphatic carbocycles. The Hall–Kier alpha value is -4.08. The number of carbonyl (C=O) groups excluding carboxylic acids is 2. The number of rotatable bonds is 8. The van der Waals surface area contributed by atoms with Crippen LogP contribution in [0.3, 0.4) is 0 Å². The lowest BCUT2D eigenvalue weighted by Crippen LogP contribution is -2.29. The van der Waals surface area contributed by atoms with Crippen molar-refractivity contribution in [1.82, 2.24) is 5.01 Å². The van der Waals surface area contributed by atoms with E-state index in [1.165, 1.54) is 18.2 Å². The highest BCUT2D eigenvalue weighted by Crippen LogP contribution is 2.36. The zero-order valence-corrected chi connectivity index (χ0v) is 16.5. The van der Waals surface area contributed by atoms with Crippen molar-refractivity contribution in [2.45, 2.75) is 19.8 Å². The van der Waals surface area contributed by atoms with E-state index in [1.807, 2.05) is 0 Å². The average molecular weight is 426 g/mol. The number of hydrogen-bond donors (Lipinski definition) is 3. The Labute approximate surface area is 176 Å². The molecule has 9 nitrogen and oxygen atoms in total. The van der Waals surface area contributed by atoms with Crippen LogP contribution in [0.2, 0.25) is 0 Å². The smallest absolute Gasteiger partial charge is 0.372 e. The molecule has 1 amide bonds. The van der Waals surface area contributed by atoms with Crippen LogP contribution in [-0.4, -0.2) is 50.8 Å². The molecular formula is C21H19FN4O5. The zero-order valence-electron chi connectivity index (χ0n) is 16.5. The summed E-state index contributed by atoms with van der Waals surface area (Å²) in [4.78, 5) is 34.2. The molecule has 0 aromatic heterocycles. The summed E-state index contributed by atoms with van der Waals surface area (Å²) in [6, 6.07) is 10.7. The topological polar surface area (TPSA) is 132 Å². The van der Waals surface area contributed by atoms with Gasteiger partial charge in [-0.15, -0.1) is 0 Å². The molecule has 10 heteroatoms. The van der Waals surface area contributed by atoms with Gasteiger partial charge in [0.15, 0.2) is 5.71 Å². The molecular weight excluding hydrogens is 407 g/mol. The molecule has 0 radical (unpaired) electrons. The van der Waals surface area contributed by atoms with E-state index in [1.54, 1.807) is 31.2 Å². The summed E-state index contributed by atoms with van der Waals surface area (Å²) in [6.07, 6.45) is -0.0745. The number of carboxylic acids is 1. The summed E-state index contributed by atoms with van der Waals surface area (Å²) in [5, 5.41) is 28.3. The van der Waals surface area contributed by atoms with Crippen molar-refractivity contribution in [3.63, 3.8) is 0 Å². The van der Waals surface area contributed by atoms with Crippen LogP contribution in [0.1, 0.15) is 19.8 Å². The molecule has 0 spiro atoms. The lowest BCUT2D eigenvalue weighted by atomic mass is 10.0. The van der Waals surface area contributed by atoms with Crippen molar-refractivity contribution < 1.29 is 29.0 Å². The van der Waals surface area contributed by atoms with Crippen molar-refractivity contribution in [2.24, 2.45) is 10.2 Å². The number of aliphatic carboxylic acids is 1. The van der Waals surface area contributed by atoms with Crippen LogP contribution in [0.5, 0.6) is 5.75 Å². The summed E-state index contributed by atoms with van der Waals surface area (Å²) in [5.41, 5.74) is 3.56. The number of benzene rings is 2.